The largest absolute Gasteiger partial charge is 0.468 e. The first-order valence-corrected chi connectivity index (χ1v) is 3.39. The van der Waals surface area contributed by atoms with E-state index in [1.165, 1.54) is 7.11 Å². The maximum Gasteiger partial charge on any atom is 0.325 e. The molecule has 0 aliphatic heterocycles. The van der Waals surface area contributed by atoms with Crippen molar-refractivity contribution < 1.29 is 22.9 Å². The Morgan fingerprint density at radius 2 is 2.54 bits per heavy atom. The average Bonchev–Trinajstić information content (AvgIpc) is 2.53. The highest BCUT2D eigenvalue weighted by Gasteiger charge is 2.09. The first-order valence-electron chi connectivity index (χ1n) is 4.89. The lowest BCUT2D eigenvalue weighted by molar-refractivity contribution is -0.139. The van der Waals surface area contributed by atoms with Crippen molar-refractivity contribution in [3.05, 3.63) is 24.1 Å². The number of carbonyl (C=O) groups excluding carboxylic acids is 2. The minimum Gasteiger partial charge on any atom is -0.468 e. The second-order valence-electron chi connectivity index (χ2n) is 2.04. The van der Waals surface area contributed by atoms with Gasteiger partial charge in [-0.1, -0.05) is 0 Å². The summed E-state index contributed by atoms with van der Waals surface area (Å²) in [4.78, 5) is 22.1. The lowest BCUT2D eigenvalue weighted by Gasteiger charge is -2.00. The third kappa shape index (κ3) is 2.62. The van der Waals surface area contributed by atoms with Gasteiger partial charge in [-0.3, -0.25) is 9.59 Å². The van der Waals surface area contributed by atoms with Crippen molar-refractivity contribution in [1.29, 1.82) is 0 Å². The van der Waals surface area contributed by atoms with Crippen molar-refractivity contribution >= 4 is 11.9 Å². The molecule has 1 aromatic rings. The number of carbonyl (C=O) groups is 2. The van der Waals surface area contributed by atoms with Crippen LogP contribution in [0.1, 0.15) is 14.7 Å². The summed E-state index contributed by atoms with van der Waals surface area (Å²) in [7, 11) is 1.17. The number of amides is 1. The predicted molar refractivity (Wildman–Crippen MR) is 43.1 cm³/mol. The van der Waals surface area contributed by atoms with Crippen LogP contribution < -0.4 is 5.32 Å². The lowest BCUT2D eigenvalue weighted by Crippen LogP contribution is -2.29. The Kier molecular flexibility index (Phi) is 1.92. The maximum atomic E-state index is 11.4. The van der Waals surface area contributed by atoms with Crippen LogP contribution in [0.25, 0.3) is 0 Å². The summed E-state index contributed by atoms with van der Waals surface area (Å²) in [5.41, 5.74) is 0. The molecule has 5 nitrogen and oxygen atoms in total. The quantitative estimate of drug-likeness (QED) is 0.684. The smallest absolute Gasteiger partial charge is 0.325 e. The Bertz CT molecular complexity index is 429. The fourth-order valence-electron chi connectivity index (χ4n) is 0.592. The van der Waals surface area contributed by atoms with Crippen molar-refractivity contribution in [3.63, 3.8) is 0 Å². The topological polar surface area (TPSA) is 68.5 Å². The van der Waals surface area contributed by atoms with Crippen LogP contribution in [0, 0.1) is 0 Å². The van der Waals surface area contributed by atoms with Crippen LogP contribution in [0.15, 0.2) is 22.7 Å². The normalized spacial score (nSPS) is 12.5. The molecule has 0 radical (unpaired) electrons. The van der Waals surface area contributed by atoms with E-state index in [0.29, 0.717) is 0 Å². The number of hydrogen-bond acceptors (Lipinski definition) is 4. The van der Waals surface area contributed by atoms with E-state index in [9.17, 15) is 9.59 Å². The molecule has 1 amide bonds. The van der Waals surface area contributed by atoms with Gasteiger partial charge < -0.3 is 14.5 Å². The van der Waals surface area contributed by atoms with Crippen molar-refractivity contribution in [2.24, 2.45) is 0 Å². The van der Waals surface area contributed by atoms with Crippen LogP contribution in [-0.4, -0.2) is 25.5 Å². The summed E-state index contributed by atoms with van der Waals surface area (Å²) in [5, 5.41) is 2.14. The standard InChI is InChI=1S/C8H9NO4/c1-12-7(10)5-9-8(11)6-3-2-4-13-6/h2-4H,5H2,1H3,(H,9,11)/i2D,3D,4D. The second-order valence-corrected chi connectivity index (χ2v) is 2.04. The molecule has 5 heteroatoms. The third-order valence-electron chi connectivity index (χ3n) is 1.21. The Labute approximate surface area is 78.9 Å². The second kappa shape index (κ2) is 4.30. The summed E-state index contributed by atoms with van der Waals surface area (Å²) in [6, 6.07) is -0.949. The summed E-state index contributed by atoms with van der Waals surface area (Å²) < 4.78 is 30.4. The summed E-state index contributed by atoms with van der Waals surface area (Å²) in [6.07, 6.45) is -0.562. The minimum atomic E-state index is -0.831. The molecule has 0 aromatic carbocycles. The van der Waals surface area contributed by atoms with Gasteiger partial charge in [0.15, 0.2) is 5.76 Å². The number of ether oxygens (including phenoxy) is 1. The highest BCUT2D eigenvalue weighted by atomic mass is 16.5. The van der Waals surface area contributed by atoms with Gasteiger partial charge in [-0.05, 0) is 12.1 Å². The molecule has 13 heavy (non-hydrogen) atoms. The van der Waals surface area contributed by atoms with E-state index in [1.807, 2.05) is 0 Å². The first kappa shape index (κ1) is 5.80. The summed E-state index contributed by atoms with van der Waals surface area (Å²) in [5.74, 6) is -1.94. The van der Waals surface area contributed by atoms with Gasteiger partial charge in [-0.15, -0.1) is 0 Å². The van der Waals surface area contributed by atoms with E-state index >= 15 is 0 Å². The molecular weight excluding hydrogens is 174 g/mol. The molecular formula is C8H9NO4. The van der Waals surface area contributed by atoms with Crippen LogP contribution in [-0.2, 0) is 9.53 Å². The highest BCUT2D eigenvalue weighted by Crippen LogP contribution is 1.98. The monoisotopic (exact) mass is 186 g/mol. The number of hydrogen-bond donors (Lipinski definition) is 1. The molecule has 1 aromatic heterocycles. The van der Waals surface area contributed by atoms with Gasteiger partial charge in [0.2, 0.25) is 0 Å². The number of nitrogens with one attached hydrogen (secondary N) is 1. The highest BCUT2D eigenvalue weighted by molar-refractivity contribution is 5.93. The maximum absolute atomic E-state index is 11.4. The zero-order chi connectivity index (χ0) is 12.3. The average molecular weight is 186 g/mol. The van der Waals surface area contributed by atoms with Crippen LogP contribution >= 0.6 is 0 Å². The molecule has 0 fully saturated rings. The number of rotatable bonds is 3. The molecule has 0 aliphatic carbocycles. The van der Waals surface area contributed by atoms with Crippen LogP contribution in [0.5, 0.6) is 0 Å². The molecule has 1 rings (SSSR count). The predicted octanol–water partition coefficient (Wildman–Crippen LogP) is 0.182. The fraction of sp³-hybridized carbons (Fsp3) is 0.250. The van der Waals surface area contributed by atoms with E-state index in [2.05, 4.69) is 14.5 Å². The van der Waals surface area contributed by atoms with Crippen molar-refractivity contribution in [2.75, 3.05) is 13.7 Å². The van der Waals surface area contributed by atoms with Gasteiger partial charge in [-0.25, -0.2) is 0 Å². The van der Waals surface area contributed by atoms with E-state index in [1.54, 1.807) is 0 Å². The zero-order valence-corrected chi connectivity index (χ0v) is 6.84. The number of methoxy groups -OCH3 is 1. The van der Waals surface area contributed by atoms with Gasteiger partial charge >= 0.3 is 5.97 Å². The van der Waals surface area contributed by atoms with Crippen molar-refractivity contribution in [1.82, 2.24) is 5.32 Å². The summed E-state index contributed by atoms with van der Waals surface area (Å²) >= 11 is 0. The van der Waals surface area contributed by atoms with Gasteiger partial charge in [-0.2, -0.15) is 0 Å². The summed E-state index contributed by atoms with van der Waals surface area (Å²) in [6.45, 7) is -0.365. The fourth-order valence-corrected chi connectivity index (χ4v) is 0.592. The van der Waals surface area contributed by atoms with E-state index < -0.39 is 36.0 Å². The van der Waals surface area contributed by atoms with E-state index in [-0.39, 0.29) is 6.54 Å². The molecule has 0 saturated heterocycles. The zero-order valence-electron chi connectivity index (χ0n) is 9.84. The first-order chi connectivity index (χ1) is 7.47. The lowest BCUT2D eigenvalue weighted by atomic mass is 10.4. The van der Waals surface area contributed by atoms with Gasteiger partial charge in [0.25, 0.3) is 5.91 Å². The van der Waals surface area contributed by atoms with E-state index in [0.717, 1.165) is 0 Å². The van der Waals surface area contributed by atoms with Crippen molar-refractivity contribution in [2.45, 2.75) is 0 Å². The molecule has 0 spiro atoms. The number of furan rings is 1. The Morgan fingerprint density at radius 1 is 1.77 bits per heavy atom. The molecule has 1 N–H and O–H groups in total. The molecule has 0 aliphatic rings. The van der Waals surface area contributed by atoms with Crippen LogP contribution in [0.2, 0.25) is 0 Å². The molecule has 0 unspecified atom stereocenters. The Morgan fingerprint density at radius 3 is 3.08 bits per heavy atom. The third-order valence-corrected chi connectivity index (χ3v) is 1.21. The molecule has 0 saturated carbocycles. The van der Waals surface area contributed by atoms with Gasteiger partial charge in [0.05, 0.1) is 16.1 Å². The van der Waals surface area contributed by atoms with E-state index in [4.69, 9.17) is 4.11 Å². The molecule has 70 valence electrons. The molecule has 1 heterocycles. The van der Waals surface area contributed by atoms with Crippen molar-refractivity contribution in [3.8, 4) is 0 Å². The van der Waals surface area contributed by atoms with Crippen LogP contribution in [0.3, 0.4) is 0 Å². The number of esters is 1. The Hall–Kier alpha value is -1.78. The van der Waals surface area contributed by atoms with Gasteiger partial charge in [0, 0.05) is 0 Å². The molecule has 0 atom stereocenters. The molecule has 0 bridgehead atoms. The SMILES string of the molecule is [2H]c1oc(C(=O)NCC(=O)OC)c([2H])c1[2H]. The Balaban J connectivity index is 2.74. The minimum absolute atomic E-state index is 0.365. The van der Waals surface area contributed by atoms with Crippen LogP contribution in [0.4, 0.5) is 0 Å². The van der Waals surface area contributed by atoms with Gasteiger partial charge in [0.1, 0.15) is 7.92 Å².